The largest absolute Gasteiger partial charge is 0.350 e. The predicted octanol–water partition coefficient (Wildman–Crippen LogP) is 1.16. The number of rotatable bonds is 4. The van der Waals surface area contributed by atoms with Gasteiger partial charge in [-0.3, -0.25) is 14.6 Å². The Morgan fingerprint density at radius 1 is 1.17 bits per heavy atom. The topological polar surface area (TPSA) is 94.8 Å². The smallest absolute Gasteiger partial charge is 0.326 e. The molecule has 3 rings (SSSR count). The Hall–Kier alpha value is -2.63. The molecule has 3 N–H and O–H groups in total. The predicted molar refractivity (Wildman–Crippen MR) is 86.5 cm³/mol. The van der Waals surface area contributed by atoms with Gasteiger partial charge in [-0.25, -0.2) is 4.79 Å². The summed E-state index contributed by atoms with van der Waals surface area (Å²) in [5.41, 5.74) is -0.157. The Morgan fingerprint density at radius 3 is 2.39 bits per heavy atom. The van der Waals surface area contributed by atoms with Crippen molar-refractivity contribution in [2.45, 2.75) is 25.7 Å². The Bertz CT molecular complexity index is 823. The normalized spacial score (nSPS) is 21.7. The molecule has 0 radical (unpaired) electrons. The molecule has 120 valence electrons. The van der Waals surface area contributed by atoms with E-state index in [9.17, 15) is 14.4 Å². The third-order valence-corrected chi connectivity index (χ3v) is 4.80. The molecule has 0 saturated heterocycles. The van der Waals surface area contributed by atoms with E-state index >= 15 is 0 Å². The van der Waals surface area contributed by atoms with Crippen LogP contribution in [0.5, 0.6) is 0 Å². The number of aromatic nitrogens is 2. The molecule has 2 aromatic rings. The van der Waals surface area contributed by atoms with Crippen molar-refractivity contribution in [1.82, 2.24) is 15.3 Å². The average molecular weight is 313 g/mol. The molecule has 6 nitrogen and oxygen atoms in total. The van der Waals surface area contributed by atoms with E-state index in [1.54, 1.807) is 0 Å². The monoisotopic (exact) mass is 313 g/mol. The lowest BCUT2D eigenvalue weighted by Gasteiger charge is -2.21. The molecule has 1 aromatic carbocycles. The zero-order chi connectivity index (χ0) is 16.7. The van der Waals surface area contributed by atoms with Crippen molar-refractivity contribution in [2.75, 3.05) is 6.54 Å². The summed E-state index contributed by atoms with van der Waals surface area (Å²) in [5, 5.41) is 2.85. The Kier molecular flexibility index (Phi) is 3.47. The lowest BCUT2D eigenvalue weighted by Crippen LogP contribution is -2.37. The molecule has 0 unspecified atom stereocenters. The summed E-state index contributed by atoms with van der Waals surface area (Å²) in [5.74, 6) is -0.453. The Balaban J connectivity index is 1.80. The van der Waals surface area contributed by atoms with Crippen LogP contribution in [0.15, 0.2) is 46.0 Å². The Morgan fingerprint density at radius 2 is 1.83 bits per heavy atom. The lowest BCUT2D eigenvalue weighted by atomic mass is 9.88. The molecule has 1 aliphatic carbocycles. The number of benzene rings is 1. The van der Waals surface area contributed by atoms with Crippen LogP contribution in [-0.4, -0.2) is 22.4 Å². The highest BCUT2D eigenvalue weighted by Crippen LogP contribution is 2.63. The van der Waals surface area contributed by atoms with Gasteiger partial charge in [0.15, 0.2) is 0 Å². The van der Waals surface area contributed by atoms with Crippen LogP contribution in [0, 0.1) is 5.41 Å². The highest BCUT2D eigenvalue weighted by Gasteiger charge is 2.61. The quantitative estimate of drug-likeness (QED) is 0.790. The number of aromatic amines is 2. The third kappa shape index (κ3) is 2.72. The van der Waals surface area contributed by atoms with Crippen LogP contribution in [0.3, 0.4) is 0 Å². The van der Waals surface area contributed by atoms with Gasteiger partial charge in [-0.15, -0.1) is 0 Å². The molecule has 6 heteroatoms. The molecule has 1 atom stereocenters. The van der Waals surface area contributed by atoms with Gasteiger partial charge in [-0.1, -0.05) is 44.2 Å². The maximum Gasteiger partial charge on any atom is 0.326 e. The van der Waals surface area contributed by atoms with Gasteiger partial charge in [0.25, 0.3) is 11.5 Å². The number of carbonyl (C=O) groups is 1. The molecule has 0 spiro atoms. The number of hydrogen-bond donors (Lipinski definition) is 3. The fraction of sp³-hybridized carbons (Fsp3) is 0.353. The zero-order valence-electron chi connectivity index (χ0n) is 13.1. The summed E-state index contributed by atoms with van der Waals surface area (Å²) in [6.07, 6.45) is 0.968. The molecule has 1 fully saturated rings. The molecule has 23 heavy (non-hydrogen) atoms. The maximum absolute atomic E-state index is 12.2. The summed E-state index contributed by atoms with van der Waals surface area (Å²) < 4.78 is 0. The SMILES string of the molecule is CC1(C)C[C@]1(CNC(=O)c1cc(=O)[nH]c(=O)[nH]1)c1ccccc1. The second-order valence-electron chi connectivity index (χ2n) is 6.69. The van der Waals surface area contributed by atoms with Gasteiger partial charge in [0.2, 0.25) is 0 Å². The van der Waals surface area contributed by atoms with E-state index in [-0.39, 0.29) is 16.5 Å². The van der Waals surface area contributed by atoms with Crippen molar-refractivity contribution < 1.29 is 4.79 Å². The van der Waals surface area contributed by atoms with Crippen molar-refractivity contribution in [3.8, 4) is 0 Å². The van der Waals surface area contributed by atoms with E-state index in [2.05, 4.69) is 36.3 Å². The fourth-order valence-corrected chi connectivity index (χ4v) is 3.28. The van der Waals surface area contributed by atoms with Crippen molar-refractivity contribution in [3.05, 3.63) is 68.5 Å². The number of hydrogen-bond acceptors (Lipinski definition) is 3. The summed E-state index contributed by atoms with van der Waals surface area (Å²) >= 11 is 0. The van der Waals surface area contributed by atoms with E-state index in [1.807, 2.05) is 23.2 Å². The molecule has 1 amide bonds. The van der Waals surface area contributed by atoms with Gasteiger partial charge in [-0.05, 0) is 17.4 Å². The molecule has 0 bridgehead atoms. The first-order valence-corrected chi connectivity index (χ1v) is 7.51. The van der Waals surface area contributed by atoms with Crippen LogP contribution in [0.4, 0.5) is 0 Å². The van der Waals surface area contributed by atoms with Crippen molar-refractivity contribution in [2.24, 2.45) is 5.41 Å². The van der Waals surface area contributed by atoms with Gasteiger partial charge >= 0.3 is 5.69 Å². The van der Waals surface area contributed by atoms with Gasteiger partial charge in [0, 0.05) is 18.0 Å². The van der Waals surface area contributed by atoms with Crippen molar-refractivity contribution in [1.29, 1.82) is 0 Å². The molecule has 1 saturated carbocycles. The zero-order valence-corrected chi connectivity index (χ0v) is 13.1. The average Bonchev–Trinajstić information content (AvgIpc) is 3.07. The van der Waals surface area contributed by atoms with E-state index in [4.69, 9.17) is 0 Å². The Labute approximate surface area is 133 Å². The maximum atomic E-state index is 12.2. The number of H-pyrrole nitrogens is 2. The first kappa shape index (κ1) is 15.3. The second-order valence-corrected chi connectivity index (χ2v) is 6.69. The lowest BCUT2D eigenvalue weighted by molar-refractivity contribution is 0.0942. The molecule has 1 aliphatic rings. The van der Waals surface area contributed by atoms with Gasteiger partial charge < -0.3 is 10.3 Å². The van der Waals surface area contributed by atoms with Crippen LogP contribution < -0.4 is 16.6 Å². The summed E-state index contributed by atoms with van der Waals surface area (Å²) in [4.78, 5) is 39.2. The second kappa shape index (κ2) is 5.22. The van der Waals surface area contributed by atoms with Gasteiger partial charge in [0.05, 0.1) is 0 Å². The molecule has 1 aromatic heterocycles. The van der Waals surface area contributed by atoms with Gasteiger partial charge in [-0.2, -0.15) is 0 Å². The molecular formula is C17H19N3O3. The van der Waals surface area contributed by atoms with Crippen molar-refractivity contribution in [3.63, 3.8) is 0 Å². The van der Waals surface area contributed by atoms with E-state index < -0.39 is 17.2 Å². The van der Waals surface area contributed by atoms with E-state index in [0.717, 1.165) is 12.5 Å². The third-order valence-electron chi connectivity index (χ3n) is 4.80. The minimum absolute atomic E-state index is 0.0274. The molecular weight excluding hydrogens is 294 g/mol. The summed E-state index contributed by atoms with van der Waals surface area (Å²) in [6, 6.07) is 11.2. The number of carbonyl (C=O) groups excluding carboxylic acids is 1. The van der Waals surface area contributed by atoms with Crippen LogP contribution >= 0.6 is 0 Å². The minimum atomic E-state index is -0.688. The highest BCUT2D eigenvalue weighted by molar-refractivity contribution is 5.92. The van der Waals surface area contributed by atoms with E-state index in [0.29, 0.717) is 6.54 Å². The number of amides is 1. The first-order valence-electron chi connectivity index (χ1n) is 7.51. The minimum Gasteiger partial charge on any atom is -0.350 e. The van der Waals surface area contributed by atoms with Crippen LogP contribution in [0.1, 0.15) is 36.3 Å². The van der Waals surface area contributed by atoms with Crippen LogP contribution in [0.25, 0.3) is 0 Å². The fourth-order valence-electron chi connectivity index (χ4n) is 3.28. The van der Waals surface area contributed by atoms with Crippen LogP contribution in [-0.2, 0) is 5.41 Å². The summed E-state index contributed by atoms with van der Waals surface area (Å²) in [7, 11) is 0. The number of nitrogens with one attached hydrogen (secondary N) is 3. The first-order chi connectivity index (χ1) is 10.8. The standard InChI is InChI=1S/C17H19N3O3/c1-16(2)9-17(16,11-6-4-3-5-7-11)10-18-14(22)12-8-13(21)20-15(23)19-12/h3-8H,9-10H2,1-2H3,(H,18,22)(H2,19,20,21,23)/t17-/m0/s1. The van der Waals surface area contributed by atoms with Crippen molar-refractivity contribution >= 4 is 5.91 Å². The van der Waals surface area contributed by atoms with Gasteiger partial charge in [0.1, 0.15) is 5.69 Å². The van der Waals surface area contributed by atoms with Crippen LogP contribution in [0.2, 0.25) is 0 Å². The molecule has 1 heterocycles. The summed E-state index contributed by atoms with van der Waals surface area (Å²) in [6.45, 7) is 4.79. The molecule has 0 aliphatic heterocycles. The highest BCUT2D eigenvalue weighted by atomic mass is 16.2. The van der Waals surface area contributed by atoms with E-state index in [1.165, 1.54) is 5.56 Å².